The smallest absolute Gasteiger partial charge is 0 e. The van der Waals surface area contributed by atoms with E-state index in [0.29, 0.717) is 0 Å². The standard InChI is InChI=1S/C38H24.Y/c1-3-12-27(13-4-1)29-22-24-30(25-23-29)37-33-18-7-9-20-35(33)38(36-21-10-8-19-34(36)37)32-17-11-16-31(26-32)28-14-5-2-6-15-28;/h1-14,16-25H;/q-2;. The Balaban J connectivity index is 0.00000277. The summed E-state index contributed by atoms with van der Waals surface area (Å²) in [5, 5.41) is 4.97. The maximum Gasteiger partial charge on any atom is 0 e. The second kappa shape index (κ2) is 11.1. The molecule has 7 aromatic carbocycles. The zero-order valence-electron chi connectivity index (χ0n) is 21.4. The van der Waals surface area contributed by atoms with Gasteiger partial charge in [0, 0.05) is 32.7 Å². The molecule has 0 N–H and O–H groups in total. The van der Waals surface area contributed by atoms with Gasteiger partial charge < -0.3 is 0 Å². The molecule has 0 unspecified atom stereocenters. The largest absolute Gasteiger partial charge is 0.209 e. The van der Waals surface area contributed by atoms with E-state index in [9.17, 15) is 0 Å². The van der Waals surface area contributed by atoms with Gasteiger partial charge in [-0.05, 0) is 43.8 Å². The van der Waals surface area contributed by atoms with Gasteiger partial charge >= 0.3 is 0 Å². The Morgan fingerprint density at radius 1 is 0.333 bits per heavy atom. The van der Waals surface area contributed by atoms with Gasteiger partial charge in [-0.3, -0.25) is 0 Å². The zero-order valence-corrected chi connectivity index (χ0v) is 24.3. The zero-order chi connectivity index (χ0) is 25.3. The molecule has 0 aliphatic carbocycles. The van der Waals surface area contributed by atoms with Gasteiger partial charge in [0.1, 0.15) is 0 Å². The van der Waals surface area contributed by atoms with E-state index in [1.807, 2.05) is 12.1 Å². The first-order valence-electron chi connectivity index (χ1n) is 13.0. The van der Waals surface area contributed by atoms with Crippen molar-refractivity contribution in [2.45, 2.75) is 0 Å². The van der Waals surface area contributed by atoms with Crippen LogP contribution in [0.4, 0.5) is 0 Å². The number of hydrogen-bond donors (Lipinski definition) is 0. The second-order valence-corrected chi connectivity index (χ2v) is 9.54. The summed E-state index contributed by atoms with van der Waals surface area (Å²) < 4.78 is 0. The molecule has 0 aliphatic rings. The fraction of sp³-hybridized carbons (Fsp3) is 0. The fourth-order valence-corrected chi connectivity index (χ4v) is 5.52. The Morgan fingerprint density at radius 2 is 0.821 bits per heavy atom. The molecule has 0 aliphatic heterocycles. The van der Waals surface area contributed by atoms with E-state index in [0.717, 1.165) is 16.7 Å². The van der Waals surface area contributed by atoms with Gasteiger partial charge in [-0.15, -0.1) is 23.8 Å². The average Bonchev–Trinajstić information content (AvgIpc) is 3.01. The van der Waals surface area contributed by atoms with Crippen LogP contribution in [0.2, 0.25) is 0 Å². The molecule has 0 amide bonds. The van der Waals surface area contributed by atoms with Gasteiger partial charge in [0.2, 0.25) is 0 Å². The van der Waals surface area contributed by atoms with Crippen molar-refractivity contribution in [3.63, 3.8) is 0 Å². The molecule has 39 heavy (non-hydrogen) atoms. The first-order valence-corrected chi connectivity index (χ1v) is 13.0. The van der Waals surface area contributed by atoms with Crippen LogP contribution in [0, 0.1) is 12.1 Å². The summed E-state index contributed by atoms with van der Waals surface area (Å²) in [5.41, 5.74) is 9.37. The molecule has 0 fully saturated rings. The Kier molecular flexibility index (Phi) is 7.25. The first kappa shape index (κ1) is 25.4. The Morgan fingerprint density at radius 3 is 1.44 bits per heavy atom. The molecule has 0 saturated carbocycles. The maximum absolute atomic E-state index is 3.71. The molecule has 0 aromatic heterocycles. The molecule has 181 valence electrons. The van der Waals surface area contributed by atoms with Crippen LogP contribution in [-0.2, 0) is 32.7 Å². The Labute approximate surface area is 254 Å². The van der Waals surface area contributed by atoms with E-state index in [4.69, 9.17) is 0 Å². The van der Waals surface area contributed by atoms with Crippen molar-refractivity contribution in [3.8, 4) is 44.5 Å². The van der Waals surface area contributed by atoms with E-state index >= 15 is 0 Å². The molecule has 7 aromatic rings. The normalized spacial score (nSPS) is 10.9. The summed E-state index contributed by atoms with van der Waals surface area (Å²) in [5.74, 6) is 0. The topological polar surface area (TPSA) is 0 Å². The Hall–Kier alpha value is -3.84. The molecule has 0 atom stereocenters. The molecule has 0 bridgehead atoms. The molecule has 0 heterocycles. The maximum atomic E-state index is 3.71. The van der Waals surface area contributed by atoms with Crippen molar-refractivity contribution in [1.29, 1.82) is 0 Å². The second-order valence-electron chi connectivity index (χ2n) is 9.54. The predicted molar refractivity (Wildman–Crippen MR) is 161 cm³/mol. The quantitative estimate of drug-likeness (QED) is 0.146. The summed E-state index contributed by atoms with van der Waals surface area (Å²) >= 11 is 0. The SMILES string of the molecule is [Y].[c-]1ccccc1-c1[c-]c(-c2c3ccccc3c(-c3ccc(-c4ccccc4)cc3)c3ccccc23)ccc1. The van der Waals surface area contributed by atoms with Gasteiger partial charge in [-0.25, -0.2) is 5.56 Å². The monoisotopic (exact) mass is 569 g/mol. The molecule has 0 saturated heterocycles. The summed E-state index contributed by atoms with van der Waals surface area (Å²) in [6.45, 7) is 0. The van der Waals surface area contributed by atoms with Gasteiger partial charge in [0.25, 0.3) is 0 Å². The molecule has 0 nitrogen and oxygen atoms in total. The van der Waals surface area contributed by atoms with Crippen molar-refractivity contribution in [2.24, 2.45) is 0 Å². The van der Waals surface area contributed by atoms with Crippen molar-refractivity contribution in [1.82, 2.24) is 0 Å². The Bertz CT molecular complexity index is 1830. The molecular formula is C38H24Y-2. The van der Waals surface area contributed by atoms with Crippen molar-refractivity contribution >= 4 is 21.5 Å². The minimum absolute atomic E-state index is 0. The molecule has 1 radical (unpaired) electrons. The van der Waals surface area contributed by atoms with Crippen molar-refractivity contribution in [2.75, 3.05) is 0 Å². The fourth-order valence-electron chi connectivity index (χ4n) is 5.52. The number of benzene rings is 7. The van der Waals surface area contributed by atoms with Gasteiger partial charge in [0.15, 0.2) is 0 Å². The number of fused-ring (bicyclic) bond motifs is 2. The van der Waals surface area contributed by atoms with Crippen LogP contribution in [0.3, 0.4) is 0 Å². The van der Waals surface area contributed by atoms with Crippen LogP contribution in [0.15, 0.2) is 146 Å². The first-order chi connectivity index (χ1) is 18.9. The predicted octanol–water partition coefficient (Wildman–Crippen LogP) is 10.3. The van der Waals surface area contributed by atoms with Crippen molar-refractivity contribution in [3.05, 3.63) is 158 Å². The van der Waals surface area contributed by atoms with E-state index in [-0.39, 0.29) is 32.7 Å². The van der Waals surface area contributed by atoms with Gasteiger partial charge in [-0.2, -0.15) is 42.0 Å². The van der Waals surface area contributed by atoms with Crippen LogP contribution in [0.25, 0.3) is 66.1 Å². The van der Waals surface area contributed by atoms with Crippen molar-refractivity contribution < 1.29 is 32.7 Å². The van der Waals surface area contributed by atoms with Crippen LogP contribution in [0.1, 0.15) is 0 Å². The van der Waals surface area contributed by atoms with Crippen LogP contribution < -0.4 is 0 Å². The number of rotatable bonds is 4. The summed E-state index contributed by atoms with van der Waals surface area (Å²) in [7, 11) is 0. The van der Waals surface area contributed by atoms with Gasteiger partial charge in [-0.1, -0.05) is 109 Å². The third-order valence-corrected chi connectivity index (χ3v) is 7.28. The van der Waals surface area contributed by atoms with E-state index < -0.39 is 0 Å². The molecule has 1 heteroatoms. The minimum atomic E-state index is 0. The molecule has 7 rings (SSSR count). The minimum Gasteiger partial charge on any atom is -0.209 e. The third kappa shape index (κ3) is 4.76. The summed E-state index contributed by atoms with van der Waals surface area (Å²) in [4.78, 5) is 0. The van der Waals surface area contributed by atoms with Crippen LogP contribution in [0.5, 0.6) is 0 Å². The number of hydrogen-bond acceptors (Lipinski definition) is 0. The molecule has 0 spiro atoms. The molecular weight excluding hydrogens is 545 g/mol. The summed E-state index contributed by atoms with van der Waals surface area (Å²) in [6, 6.07) is 58.7. The van der Waals surface area contributed by atoms with E-state index in [1.165, 1.54) is 49.4 Å². The third-order valence-electron chi connectivity index (χ3n) is 7.28. The average molecular weight is 570 g/mol. The van der Waals surface area contributed by atoms with E-state index in [2.05, 4.69) is 146 Å². The van der Waals surface area contributed by atoms with Crippen LogP contribution in [-0.4, -0.2) is 0 Å². The summed E-state index contributed by atoms with van der Waals surface area (Å²) in [6.07, 6.45) is 0. The van der Waals surface area contributed by atoms with Gasteiger partial charge in [0.05, 0.1) is 0 Å². The van der Waals surface area contributed by atoms with E-state index in [1.54, 1.807) is 0 Å². The van der Waals surface area contributed by atoms with Crippen LogP contribution >= 0.6 is 0 Å².